The summed E-state index contributed by atoms with van der Waals surface area (Å²) in [6, 6.07) is 5.43. The van der Waals surface area contributed by atoms with E-state index in [0.717, 1.165) is 10.2 Å². The third-order valence-electron chi connectivity index (χ3n) is 2.51. The largest absolute Gasteiger partial charge is 0.389 e. The predicted octanol–water partition coefficient (Wildman–Crippen LogP) is 1.18. The maximum absolute atomic E-state index is 9.68. The number of hydrogen-bond acceptors (Lipinski definition) is 4. The second-order valence-electron chi connectivity index (χ2n) is 4.07. The van der Waals surface area contributed by atoms with E-state index in [9.17, 15) is 5.11 Å². The highest BCUT2D eigenvalue weighted by Crippen LogP contribution is 2.26. The van der Waals surface area contributed by atoms with Gasteiger partial charge >= 0.3 is 0 Å². The van der Waals surface area contributed by atoms with Gasteiger partial charge in [0.2, 0.25) is 0 Å². The molecule has 1 aromatic rings. The van der Waals surface area contributed by atoms with Crippen LogP contribution in [-0.4, -0.2) is 44.4 Å². The molecule has 0 aliphatic heterocycles. The second kappa shape index (κ2) is 6.72. The third kappa shape index (κ3) is 3.97. The molecule has 0 heterocycles. The monoisotopic (exact) mass is 315 g/mol. The van der Waals surface area contributed by atoms with E-state index in [1.54, 1.807) is 19.2 Å². The molecule has 0 aliphatic carbocycles. The fraction of sp³-hybridized carbons (Fsp3) is 0.417. The first-order valence-electron chi connectivity index (χ1n) is 5.47. The van der Waals surface area contributed by atoms with Crippen LogP contribution in [0.4, 0.5) is 5.69 Å². The van der Waals surface area contributed by atoms with Crippen LogP contribution in [0.25, 0.3) is 0 Å². The fourth-order valence-electron chi connectivity index (χ4n) is 1.64. The highest BCUT2D eigenvalue weighted by atomic mass is 79.9. The molecule has 0 fully saturated rings. The molecule has 4 N–H and O–H groups in total. The van der Waals surface area contributed by atoms with Gasteiger partial charge < -0.3 is 20.5 Å². The van der Waals surface area contributed by atoms with Crippen molar-refractivity contribution < 1.29 is 9.84 Å². The van der Waals surface area contributed by atoms with Crippen molar-refractivity contribution in [2.45, 2.75) is 6.10 Å². The van der Waals surface area contributed by atoms with Crippen molar-refractivity contribution in [3.63, 3.8) is 0 Å². The van der Waals surface area contributed by atoms with Crippen LogP contribution in [0, 0.1) is 5.41 Å². The molecule has 100 valence electrons. The standard InChI is InChI=1S/C12H18BrN3O2/c1-16(6-9(17)7-18-2)11-4-3-8(12(14)15)5-10(11)13/h3-5,9,17H,6-7H2,1-2H3,(H3,14,15). The Morgan fingerprint density at radius 2 is 2.28 bits per heavy atom. The summed E-state index contributed by atoms with van der Waals surface area (Å²) >= 11 is 3.44. The number of amidine groups is 1. The fourth-order valence-corrected chi connectivity index (χ4v) is 2.33. The molecule has 0 amide bonds. The van der Waals surface area contributed by atoms with Crippen molar-refractivity contribution in [3.05, 3.63) is 28.2 Å². The maximum atomic E-state index is 9.68. The number of aliphatic hydroxyl groups is 1. The van der Waals surface area contributed by atoms with Crippen molar-refractivity contribution in [1.29, 1.82) is 5.41 Å². The van der Waals surface area contributed by atoms with Gasteiger partial charge in [-0.05, 0) is 34.1 Å². The summed E-state index contributed by atoms with van der Waals surface area (Å²) in [5.41, 5.74) is 7.01. The quantitative estimate of drug-likeness (QED) is 0.544. The number of nitrogens with zero attached hydrogens (tertiary/aromatic N) is 1. The molecule has 0 saturated carbocycles. The van der Waals surface area contributed by atoms with Gasteiger partial charge in [0.25, 0.3) is 0 Å². The Kier molecular flexibility index (Phi) is 5.58. The van der Waals surface area contributed by atoms with Crippen molar-refractivity contribution in [3.8, 4) is 0 Å². The molecule has 1 atom stereocenters. The van der Waals surface area contributed by atoms with E-state index in [1.807, 2.05) is 18.0 Å². The highest BCUT2D eigenvalue weighted by Gasteiger charge is 2.12. The van der Waals surface area contributed by atoms with Gasteiger partial charge in [-0.2, -0.15) is 0 Å². The van der Waals surface area contributed by atoms with Crippen LogP contribution in [0.2, 0.25) is 0 Å². The smallest absolute Gasteiger partial charge is 0.122 e. The normalized spacial score (nSPS) is 12.2. The molecule has 1 rings (SSSR count). The molecule has 1 aromatic carbocycles. The molecule has 1 unspecified atom stereocenters. The average Bonchev–Trinajstić information content (AvgIpc) is 2.28. The van der Waals surface area contributed by atoms with Gasteiger partial charge in [-0.15, -0.1) is 0 Å². The third-order valence-corrected chi connectivity index (χ3v) is 3.15. The van der Waals surface area contributed by atoms with Crippen LogP contribution in [0.15, 0.2) is 22.7 Å². The van der Waals surface area contributed by atoms with Crippen LogP contribution in [0.5, 0.6) is 0 Å². The van der Waals surface area contributed by atoms with E-state index in [4.69, 9.17) is 15.9 Å². The first-order chi connectivity index (χ1) is 8.45. The van der Waals surface area contributed by atoms with Crippen LogP contribution >= 0.6 is 15.9 Å². The highest BCUT2D eigenvalue weighted by molar-refractivity contribution is 9.10. The molecular formula is C12H18BrN3O2. The van der Waals surface area contributed by atoms with Crippen molar-refractivity contribution in [1.82, 2.24) is 0 Å². The molecule has 6 heteroatoms. The maximum Gasteiger partial charge on any atom is 0.122 e. The Balaban J connectivity index is 2.80. The zero-order valence-corrected chi connectivity index (χ0v) is 12.1. The SMILES string of the molecule is COCC(O)CN(C)c1ccc(C(=N)N)cc1Br. The van der Waals surface area contributed by atoms with E-state index in [-0.39, 0.29) is 5.84 Å². The number of nitrogens with one attached hydrogen (secondary N) is 1. The van der Waals surface area contributed by atoms with Crippen LogP contribution in [-0.2, 0) is 4.74 Å². The topological polar surface area (TPSA) is 82.6 Å². The van der Waals surface area contributed by atoms with Gasteiger partial charge in [-0.25, -0.2) is 0 Å². The van der Waals surface area contributed by atoms with E-state index in [1.165, 1.54) is 0 Å². The Bertz CT molecular complexity index is 426. The van der Waals surface area contributed by atoms with Crippen molar-refractivity contribution in [2.75, 3.05) is 32.2 Å². The summed E-state index contributed by atoms with van der Waals surface area (Å²) in [6.07, 6.45) is -0.542. The number of nitrogen functional groups attached to an aromatic ring is 1. The van der Waals surface area contributed by atoms with Crippen molar-refractivity contribution in [2.24, 2.45) is 5.73 Å². The lowest BCUT2D eigenvalue weighted by molar-refractivity contribution is 0.0695. The molecule has 0 radical (unpaired) electrons. The van der Waals surface area contributed by atoms with Crippen LogP contribution in [0.3, 0.4) is 0 Å². The number of anilines is 1. The number of halogens is 1. The van der Waals surface area contributed by atoms with Gasteiger partial charge in [-0.1, -0.05) is 0 Å². The number of ether oxygens (including phenoxy) is 1. The lowest BCUT2D eigenvalue weighted by atomic mass is 10.2. The Labute approximate surface area is 115 Å². The minimum atomic E-state index is -0.542. The number of methoxy groups -OCH3 is 1. The minimum absolute atomic E-state index is 0.0318. The van der Waals surface area contributed by atoms with Crippen LogP contribution < -0.4 is 10.6 Å². The van der Waals surface area contributed by atoms with Gasteiger partial charge in [0.15, 0.2) is 0 Å². The first kappa shape index (κ1) is 14.9. The van der Waals surface area contributed by atoms with E-state index in [2.05, 4.69) is 15.9 Å². The summed E-state index contributed by atoms with van der Waals surface area (Å²) in [4.78, 5) is 1.91. The lowest BCUT2D eigenvalue weighted by Gasteiger charge is -2.23. The summed E-state index contributed by atoms with van der Waals surface area (Å²) in [7, 11) is 3.44. The molecule has 0 saturated heterocycles. The Morgan fingerprint density at radius 3 is 2.78 bits per heavy atom. The molecule has 0 spiro atoms. The molecule has 18 heavy (non-hydrogen) atoms. The first-order valence-corrected chi connectivity index (χ1v) is 6.27. The lowest BCUT2D eigenvalue weighted by Crippen LogP contribution is -2.32. The van der Waals surface area contributed by atoms with Gasteiger partial charge in [0.05, 0.1) is 18.4 Å². The van der Waals surface area contributed by atoms with Gasteiger partial charge in [-0.3, -0.25) is 5.41 Å². The van der Waals surface area contributed by atoms with Gasteiger partial charge in [0, 0.05) is 30.7 Å². The van der Waals surface area contributed by atoms with Crippen molar-refractivity contribution >= 4 is 27.5 Å². The summed E-state index contributed by atoms with van der Waals surface area (Å²) < 4.78 is 5.72. The number of likely N-dealkylation sites (N-methyl/N-ethyl adjacent to an activating group) is 1. The van der Waals surface area contributed by atoms with E-state index in [0.29, 0.717) is 18.7 Å². The van der Waals surface area contributed by atoms with Gasteiger partial charge in [0.1, 0.15) is 5.84 Å². The second-order valence-corrected chi connectivity index (χ2v) is 4.92. The molecule has 0 bridgehead atoms. The molecular weight excluding hydrogens is 298 g/mol. The molecule has 0 aliphatic rings. The summed E-state index contributed by atoms with van der Waals surface area (Å²) in [5.74, 6) is 0.0318. The number of rotatable bonds is 6. The number of benzene rings is 1. The van der Waals surface area contributed by atoms with Crippen LogP contribution in [0.1, 0.15) is 5.56 Å². The average molecular weight is 316 g/mol. The van der Waals surface area contributed by atoms with E-state index >= 15 is 0 Å². The summed E-state index contributed by atoms with van der Waals surface area (Å²) in [5, 5.41) is 17.0. The van der Waals surface area contributed by atoms with E-state index < -0.39 is 6.10 Å². The number of aliphatic hydroxyl groups excluding tert-OH is 1. The minimum Gasteiger partial charge on any atom is -0.389 e. The molecule has 5 nitrogen and oxygen atoms in total. The summed E-state index contributed by atoms with van der Waals surface area (Å²) in [6.45, 7) is 0.763. The number of nitrogens with two attached hydrogens (primary N) is 1. The number of hydrogen-bond donors (Lipinski definition) is 3. The molecule has 0 aromatic heterocycles. The Hall–Kier alpha value is -1.11. The zero-order chi connectivity index (χ0) is 13.7. The predicted molar refractivity (Wildman–Crippen MR) is 76.3 cm³/mol. The zero-order valence-electron chi connectivity index (χ0n) is 10.5. The Morgan fingerprint density at radius 1 is 1.61 bits per heavy atom.